The van der Waals surface area contributed by atoms with E-state index >= 15 is 0 Å². The highest BCUT2D eigenvalue weighted by atomic mass is 16.4. The van der Waals surface area contributed by atoms with Crippen LogP contribution in [0.4, 0.5) is 4.79 Å². The maximum Gasteiger partial charge on any atom is 0.323 e. The number of carboxylic acid groups (broad SMARTS) is 1. The van der Waals surface area contributed by atoms with Gasteiger partial charge < -0.3 is 20.2 Å². The predicted molar refractivity (Wildman–Crippen MR) is 54.7 cm³/mol. The summed E-state index contributed by atoms with van der Waals surface area (Å²) in [6.07, 6.45) is 0.920. The minimum absolute atomic E-state index is 0.138. The van der Waals surface area contributed by atoms with Crippen molar-refractivity contribution >= 4 is 12.0 Å². The van der Waals surface area contributed by atoms with E-state index in [0.717, 1.165) is 19.5 Å². The second kappa shape index (κ2) is 4.97. The summed E-state index contributed by atoms with van der Waals surface area (Å²) in [5.74, 6) is -1.00. The summed E-state index contributed by atoms with van der Waals surface area (Å²) in [6.45, 7) is 1.52. The Bertz CT molecular complexity index is 257. The van der Waals surface area contributed by atoms with Crippen LogP contribution in [0.25, 0.3) is 0 Å². The number of hydrogen-bond donors (Lipinski definition) is 2. The van der Waals surface area contributed by atoms with E-state index in [4.69, 9.17) is 5.11 Å². The summed E-state index contributed by atoms with van der Waals surface area (Å²) in [6, 6.07) is -0.184. The van der Waals surface area contributed by atoms with Gasteiger partial charge in [-0.25, -0.2) is 4.79 Å². The van der Waals surface area contributed by atoms with E-state index < -0.39 is 5.97 Å². The molecule has 1 aliphatic heterocycles. The van der Waals surface area contributed by atoms with Crippen molar-refractivity contribution in [3.8, 4) is 0 Å². The lowest BCUT2D eigenvalue weighted by molar-refractivity contribution is -0.137. The van der Waals surface area contributed by atoms with Crippen molar-refractivity contribution in [2.45, 2.75) is 12.5 Å². The van der Waals surface area contributed by atoms with Gasteiger partial charge in [0.25, 0.3) is 0 Å². The van der Waals surface area contributed by atoms with Crippen molar-refractivity contribution in [1.29, 1.82) is 0 Å². The smallest absolute Gasteiger partial charge is 0.323 e. The molecule has 0 aromatic rings. The predicted octanol–water partition coefficient (Wildman–Crippen LogP) is -0.583. The number of urea groups is 1. The third-order valence-corrected chi connectivity index (χ3v) is 2.44. The van der Waals surface area contributed by atoms with Crippen LogP contribution < -0.4 is 5.32 Å². The lowest BCUT2D eigenvalue weighted by Gasteiger charge is -2.19. The summed E-state index contributed by atoms with van der Waals surface area (Å²) < 4.78 is 0. The molecule has 86 valence electrons. The number of amides is 2. The number of likely N-dealkylation sites (N-methyl/N-ethyl adjacent to an activating group) is 2. The maximum atomic E-state index is 11.5. The van der Waals surface area contributed by atoms with Gasteiger partial charge in [-0.3, -0.25) is 4.79 Å². The third kappa shape index (κ3) is 3.75. The molecule has 1 heterocycles. The van der Waals surface area contributed by atoms with E-state index in [2.05, 4.69) is 10.2 Å². The Morgan fingerprint density at radius 3 is 2.73 bits per heavy atom. The fraction of sp³-hybridized carbons (Fsp3) is 0.778. The van der Waals surface area contributed by atoms with Crippen molar-refractivity contribution < 1.29 is 14.7 Å². The number of rotatable bonds is 3. The average Bonchev–Trinajstić information content (AvgIpc) is 2.50. The number of hydrogen-bond acceptors (Lipinski definition) is 3. The molecule has 0 radical (unpaired) electrons. The molecule has 1 unspecified atom stereocenters. The highest BCUT2D eigenvalue weighted by Crippen LogP contribution is 2.06. The molecule has 2 N–H and O–H groups in total. The first-order valence-corrected chi connectivity index (χ1v) is 4.91. The Morgan fingerprint density at radius 1 is 1.60 bits per heavy atom. The van der Waals surface area contributed by atoms with E-state index in [-0.39, 0.29) is 18.6 Å². The molecule has 0 aromatic heterocycles. The SMILES string of the molecule is CN1CCC(NC(=O)N(C)CC(=O)O)C1. The van der Waals surface area contributed by atoms with Crippen LogP contribution in [0.15, 0.2) is 0 Å². The van der Waals surface area contributed by atoms with Crippen molar-refractivity contribution in [1.82, 2.24) is 15.1 Å². The molecule has 6 heteroatoms. The van der Waals surface area contributed by atoms with Gasteiger partial charge in [-0.15, -0.1) is 0 Å². The van der Waals surface area contributed by atoms with Crippen LogP contribution in [0, 0.1) is 0 Å². The molecule has 1 fully saturated rings. The van der Waals surface area contributed by atoms with Crippen LogP contribution in [0.2, 0.25) is 0 Å². The first-order chi connectivity index (χ1) is 6.99. The van der Waals surface area contributed by atoms with E-state index in [1.165, 1.54) is 11.9 Å². The molecule has 2 amide bonds. The molecule has 15 heavy (non-hydrogen) atoms. The Kier molecular flexibility index (Phi) is 3.90. The molecule has 1 aliphatic rings. The van der Waals surface area contributed by atoms with Gasteiger partial charge in [0, 0.05) is 19.6 Å². The molecule has 0 spiro atoms. The minimum atomic E-state index is -1.00. The topological polar surface area (TPSA) is 72.9 Å². The van der Waals surface area contributed by atoms with Gasteiger partial charge in [-0.1, -0.05) is 0 Å². The first kappa shape index (κ1) is 11.8. The highest BCUT2D eigenvalue weighted by molar-refractivity contribution is 5.79. The van der Waals surface area contributed by atoms with E-state index in [1.807, 2.05) is 7.05 Å². The Morgan fingerprint density at radius 2 is 2.27 bits per heavy atom. The van der Waals surface area contributed by atoms with Crippen LogP contribution in [-0.2, 0) is 4.79 Å². The first-order valence-electron chi connectivity index (χ1n) is 4.91. The third-order valence-electron chi connectivity index (χ3n) is 2.44. The fourth-order valence-corrected chi connectivity index (χ4v) is 1.61. The van der Waals surface area contributed by atoms with Gasteiger partial charge in [0.05, 0.1) is 0 Å². The highest BCUT2D eigenvalue weighted by Gasteiger charge is 2.22. The second-order valence-corrected chi connectivity index (χ2v) is 3.95. The van der Waals surface area contributed by atoms with Crippen molar-refractivity contribution in [2.75, 3.05) is 33.7 Å². The zero-order valence-electron chi connectivity index (χ0n) is 9.06. The second-order valence-electron chi connectivity index (χ2n) is 3.95. The van der Waals surface area contributed by atoms with Crippen LogP contribution in [0.1, 0.15) is 6.42 Å². The normalized spacial score (nSPS) is 21.3. The largest absolute Gasteiger partial charge is 0.480 e. The van der Waals surface area contributed by atoms with E-state index in [9.17, 15) is 9.59 Å². The summed E-state index contributed by atoms with van der Waals surface area (Å²) >= 11 is 0. The van der Waals surface area contributed by atoms with Crippen molar-refractivity contribution in [3.05, 3.63) is 0 Å². The molecular weight excluding hydrogens is 198 g/mol. The summed E-state index contributed by atoms with van der Waals surface area (Å²) in [5.41, 5.74) is 0. The van der Waals surface area contributed by atoms with Crippen LogP contribution in [0.3, 0.4) is 0 Å². The Balaban J connectivity index is 2.31. The van der Waals surface area contributed by atoms with Crippen LogP contribution in [0.5, 0.6) is 0 Å². The zero-order chi connectivity index (χ0) is 11.4. The quantitative estimate of drug-likeness (QED) is 0.660. The minimum Gasteiger partial charge on any atom is -0.480 e. The van der Waals surface area contributed by atoms with Gasteiger partial charge in [0.15, 0.2) is 0 Å². The zero-order valence-corrected chi connectivity index (χ0v) is 9.06. The standard InChI is InChI=1S/C9H17N3O3/c1-11-4-3-7(5-11)10-9(15)12(2)6-8(13)14/h7H,3-6H2,1-2H3,(H,10,15)(H,13,14). The summed E-state index contributed by atoms with van der Waals surface area (Å²) in [4.78, 5) is 25.1. The molecule has 0 aromatic carbocycles. The van der Waals surface area contributed by atoms with E-state index in [0.29, 0.717) is 0 Å². The fourth-order valence-electron chi connectivity index (χ4n) is 1.61. The van der Waals surface area contributed by atoms with Gasteiger partial charge in [-0.05, 0) is 20.0 Å². The van der Waals surface area contributed by atoms with Crippen LogP contribution >= 0.6 is 0 Å². The monoisotopic (exact) mass is 215 g/mol. The number of carbonyl (C=O) groups is 2. The molecule has 1 saturated heterocycles. The van der Waals surface area contributed by atoms with E-state index in [1.54, 1.807) is 0 Å². The van der Waals surface area contributed by atoms with Gasteiger partial charge in [0.2, 0.25) is 0 Å². The molecule has 0 bridgehead atoms. The molecule has 6 nitrogen and oxygen atoms in total. The molecule has 1 rings (SSSR count). The number of aliphatic carboxylic acids is 1. The molecular formula is C9H17N3O3. The van der Waals surface area contributed by atoms with Crippen LogP contribution in [-0.4, -0.2) is 66.7 Å². The molecule has 0 aliphatic carbocycles. The lowest BCUT2D eigenvalue weighted by Crippen LogP contribution is -2.45. The number of likely N-dealkylation sites (tertiary alicyclic amines) is 1. The summed E-state index contributed by atoms with van der Waals surface area (Å²) in [5, 5.41) is 11.3. The molecule has 0 saturated carbocycles. The van der Waals surface area contributed by atoms with Crippen molar-refractivity contribution in [2.24, 2.45) is 0 Å². The van der Waals surface area contributed by atoms with Gasteiger partial charge in [0.1, 0.15) is 6.54 Å². The number of nitrogens with one attached hydrogen (secondary N) is 1. The lowest BCUT2D eigenvalue weighted by atomic mass is 10.3. The number of nitrogens with zero attached hydrogens (tertiary/aromatic N) is 2. The maximum absolute atomic E-state index is 11.5. The van der Waals surface area contributed by atoms with Gasteiger partial charge in [-0.2, -0.15) is 0 Å². The number of carboxylic acids is 1. The average molecular weight is 215 g/mol. The summed E-state index contributed by atoms with van der Waals surface area (Å²) in [7, 11) is 3.47. The Hall–Kier alpha value is -1.30. The molecule has 1 atom stereocenters. The van der Waals surface area contributed by atoms with Crippen molar-refractivity contribution in [3.63, 3.8) is 0 Å². The van der Waals surface area contributed by atoms with Gasteiger partial charge >= 0.3 is 12.0 Å². The Labute approximate surface area is 88.8 Å². The number of carbonyl (C=O) groups excluding carboxylic acids is 1.